The van der Waals surface area contributed by atoms with Crippen LogP contribution >= 0.6 is 0 Å². The van der Waals surface area contributed by atoms with E-state index in [1.807, 2.05) is 19.2 Å². The lowest BCUT2D eigenvalue weighted by atomic mass is 9.77. The number of nitrogens with one attached hydrogen (secondary N) is 1. The number of hydrogen-bond donors (Lipinski definition) is 2. The van der Waals surface area contributed by atoms with Crippen LogP contribution in [0.25, 0.3) is 11.0 Å². The molecule has 1 aliphatic rings. The van der Waals surface area contributed by atoms with Crippen molar-refractivity contribution in [3.8, 4) is 0 Å². The largest absolute Gasteiger partial charge is 0.411 e. The zero-order chi connectivity index (χ0) is 15.7. The van der Waals surface area contributed by atoms with E-state index < -0.39 is 0 Å². The molecule has 0 aliphatic heterocycles. The molecule has 1 saturated carbocycles. The van der Waals surface area contributed by atoms with Crippen LogP contribution in [0.4, 0.5) is 5.82 Å². The lowest BCUT2D eigenvalue weighted by Gasteiger charge is -2.40. The fourth-order valence-corrected chi connectivity index (χ4v) is 3.60. The molecule has 2 aromatic rings. The average molecular weight is 301 g/mol. The van der Waals surface area contributed by atoms with Gasteiger partial charge in [0.1, 0.15) is 17.8 Å². The number of rotatable bonds is 3. The van der Waals surface area contributed by atoms with Crippen LogP contribution in [-0.2, 0) is 0 Å². The fourth-order valence-electron chi connectivity index (χ4n) is 3.60. The molecule has 0 bridgehead atoms. The van der Waals surface area contributed by atoms with Crippen LogP contribution in [0.1, 0.15) is 33.1 Å². The Morgan fingerprint density at radius 3 is 3.00 bits per heavy atom. The van der Waals surface area contributed by atoms with Crippen LogP contribution in [0, 0.1) is 11.8 Å². The molecular formula is C16H23N5O. The first-order chi connectivity index (χ1) is 10.6. The van der Waals surface area contributed by atoms with Gasteiger partial charge in [-0.1, -0.05) is 12.1 Å². The van der Waals surface area contributed by atoms with Gasteiger partial charge >= 0.3 is 0 Å². The van der Waals surface area contributed by atoms with Crippen molar-refractivity contribution in [1.82, 2.24) is 15.0 Å². The second-order valence-electron chi connectivity index (χ2n) is 6.34. The molecule has 3 rings (SSSR count). The van der Waals surface area contributed by atoms with Crippen molar-refractivity contribution in [3.63, 3.8) is 0 Å². The Balaban J connectivity index is 1.89. The number of oxime groups is 1. The van der Waals surface area contributed by atoms with Gasteiger partial charge in [-0.15, -0.1) is 0 Å². The molecule has 118 valence electrons. The van der Waals surface area contributed by atoms with Crippen molar-refractivity contribution in [1.29, 1.82) is 0 Å². The summed E-state index contributed by atoms with van der Waals surface area (Å²) >= 11 is 0. The van der Waals surface area contributed by atoms with Gasteiger partial charge in [0.05, 0.1) is 11.1 Å². The molecular weight excluding hydrogens is 278 g/mol. The minimum atomic E-state index is 0.345. The first kappa shape index (κ1) is 14.8. The van der Waals surface area contributed by atoms with Crippen molar-refractivity contribution in [3.05, 3.63) is 18.6 Å². The molecule has 22 heavy (non-hydrogen) atoms. The highest BCUT2D eigenvalue weighted by Crippen LogP contribution is 2.35. The topological polar surface area (TPSA) is 77.4 Å². The Morgan fingerprint density at radius 1 is 1.41 bits per heavy atom. The van der Waals surface area contributed by atoms with Gasteiger partial charge < -0.3 is 15.1 Å². The summed E-state index contributed by atoms with van der Waals surface area (Å²) in [5.41, 5.74) is 1.70. The molecule has 2 N–H and O–H groups in total. The molecule has 0 saturated heterocycles. The van der Waals surface area contributed by atoms with Crippen molar-refractivity contribution in [2.24, 2.45) is 17.0 Å². The summed E-state index contributed by atoms with van der Waals surface area (Å²) in [6.45, 7) is 4.20. The summed E-state index contributed by atoms with van der Waals surface area (Å²) in [6.07, 6.45) is 6.71. The van der Waals surface area contributed by atoms with Crippen LogP contribution in [0.2, 0.25) is 0 Å². The van der Waals surface area contributed by atoms with E-state index in [4.69, 9.17) is 5.21 Å². The number of aromatic nitrogens is 3. The number of anilines is 1. The van der Waals surface area contributed by atoms with E-state index in [0.717, 1.165) is 41.8 Å². The lowest BCUT2D eigenvalue weighted by Crippen LogP contribution is -2.43. The third-order valence-electron chi connectivity index (χ3n) is 5.07. The summed E-state index contributed by atoms with van der Waals surface area (Å²) in [7, 11) is 2.10. The van der Waals surface area contributed by atoms with E-state index in [0.29, 0.717) is 17.9 Å². The SMILES string of the molecule is C/C(=N\O)C1CCC(C)C(N(C)c2ncnc3[nH]ccc23)C1. The number of H-pyrrole nitrogens is 1. The quantitative estimate of drug-likeness (QED) is 0.519. The molecule has 0 amide bonds. The zero-order valence-electron chi connectivity index (χ0n) is 13.3. The highest BCUT2D eigenvalue weighted by molar-refractivity contribution is 5.87. The van der Waals surface area contributed by atoms with Gasteiger partial charge in [-0.3, -0.25) is 0 Å². The summed E-state index contributed by atoms with van der Waals surface area (Å²) in [5, 5.41) is 13.5. The molecule has 0 radical (unpaired) electrons. The summed E-state index contributed by atoms with van der Waals surface area (Å²) < 4.78 is 0. The second kappa shape index (κ2) is 5.94. The Hall–Kier alpha value is -2.11. The third kappa shape index (κ3) is 2.53. The van der Waals surface area contributed by atoms with Gasteiger partial charge in [-0.05, 0) is 38.2 Å². The van der Waals surface area contributed by atoms with Crippen molar-refractivity contribution < 1.29 is 5.21 Å². The van der Waals surface area contributed by atoms with Gasteiger partial charge in [0, 0.05) is 25.2 Å². The molecule has 6 nitrogen and oxygen atoms in total. The van der Waals surface area contributed by atoms with Gasteiger partial charge in [0.25, 0.3) is 0 Å². The molecule has 2 heterocycles. The van der Waals surface area contributed by atoms with Gasteiger partial charge in [-0.25, -0.2) is 9.97 Å². The van der Waals surface area contributed by atoms with Gasteiger partial charge in [0.15, 0.2) is 0 Å². The van der Waals surface area contributed by atoms with E-state index >= 15 is 0 Å². The molecule has 6 heteroatoms. The highest BCUT2D eigenvalue weighted by Gasteiger charge is 2.33. The number of nitrogens with zero attached hydrogens (tertiary/aromatic N) is 4. The Kier molecular flexibility index (Phi) is 4.00. The number of fused-ring (bicyclic) bond motifs is 1. The second-order valence-corrected chi connectivity index (χ2v) is 6.34. The van der Waals surface area contributed by atoms with Crippen molar-refractivity contribution in [2.75, 3.05) is 11.9 Å². The number of aromatic amines is 1. The van der Waals surface area contributed by atoms with Crippen LogP contribution in [0.3, 0.4) is 0 Å². The fraction of sp³-hybridized carbons (Fsp3) is 0.562. The Labute approximate surface area is 130 Å². The van der Waals surface area contributed by atoms with Gasteiger partial charge in [0.2, 0.25) is 0 Å². The Morgan fingerprint density at radius 2 is 2.23 bits per heavy atom. The minimum absolute atomic E-state index is 0.345. The molecule has 3 atom stereocenters. The zero-order valence-corrected chi connectivity index (χ0v) is 13.3. The van der Waals surface area contributed by atoms with E-state index in [1.165, 1.54) is 0 Å². The third-order valence-corrected chi connectivity index (χ3v) is 5.07. The van der Waals surface area contributed by atoms with E-state index in [-0.39, 0.29) is 0 Å². The predicted molar refractivity (Wildman–Crippen MR) is 87.5 cm³/mol. The smallest absolute Gasteiger partial charge is 0.142 e. The monoisotopic (exact) mass is 301 g/mol. The average Bonchev–Trinajstić information content (AvgIpc) is 3.02. The maximum Gasteiger partial charge on any atom is 0.142 e. The van der Waals surface area contributed by atoms with E-state index in [1.54, 1.807) is 6.33 Å². The molecule has 0 aromatic carbocycles. The van der Waals surface area contributed by atoms with Crippen LogP contribution < -0.4 is 4.90 Å². The maximum absolute atomic E-state index is 9.06. The lowest BCUT2D eigenvalue weighted by molar-refractivity contribution is 0.273. The normalized spacial score (nSPS) is 26.3. The van der Waals surface area contributed by atoms with Crippen molar-refractivity contribution in [2.45, 2.75) is 39.2 Å². The van der Waals surface area contributed by atoms with Crippen molar-refractivity contribution >= 4 is 22.6 Å². The highest BCUT2D eigenvalue weighted by atomic mass is 16.4. The predicted octanol–water partition coefficient (Wildman–Crippen LogP) is 3.05. The molecule has 1 aliphatic carbocycles. The van der Waals surface area contributed by atoms with Gasteiger partial charge in [-0.2, -0.15) is 0 Å². The summed E-state index contributed by atoms with van der Waals surface area (Å²) in [4.78, 5) is 14.2. The van der Waals surface area contributed by atoms with Crippen LogP contribution in [-0.4, -0.2) is 39.0 Å². The maximum atomic E-state index is 9.06. The molecule has 2 aromatic heterocycles. The summed E-state index contributed by atoms with van der Waals surface area (Å²) in [5.74, 6) is 1.89. The molecule has 1 fully saturated rings. The minimum Gasteiger partial charge on any atom is -0.411 e. The number of hydrogen-bond acceptors (Lipinski definition) is 5. The van der Waals surface area contributed by atoms with Crippen LogP contribution in [0.5, 0.6) is 0 Å². The van der Waals surface area contributed by atoms with E-state index in [9.17, 15) is 0 Å². The molecule has 3 unspecified atom stereocenters. The van der Waals surface area contributed by atoms with E-state index in [2.05, 4.69) is 39.0 Å². The first-order valence-corrected chi connectivity index (χ1v) is 7.81. The summed E-state index contributed by atoms with van der Waals surface area (Å²) in [6, 6.07) is 2.40. The standard InChI is InChI=1S/C16H23N5O/c1-10-4-5-12(11(2)20-22)8-14(10)21(3)16-13-6-7-17-15(13)18-9-19-16/h6-7,9-10,12,14,22H,4-5,8H2,1-3H3,(H,17,18,19)/b20-11+. The molecule has 0 spiro atoms. The Bertz CT molecular complexity index is 680. The van der Waals surface area contributed by atoms with Crippen LogP contribution in [0.15, 0.2) is 23.7 Å². The first-order valence-electron chi connectivity index (χ1n) is 7.81.